The summed E-state index contributed by atoms with van der Waals surface area (Å²) in [6.07, 6.45) is 10.4. The summed E-state index contributed by atoms with van der Waals surface area (Å²) in [5, 5.41) is 5.65. The summed E-state index contributed by atoms with van der Waals surface area (Å²) in [4.78, 5) is 24.6. The first kappa shape index (κ1) is 23.1. The van der Waals surface area contributed by atoms with Crippen molar-refractivity contribution in [1.29, 1.82) is 0 Å². The van der Waals surface area contributed by atoms with Gasteiger partial charge >= 0.3 is 12.0 Å². The van der Waals surface area contributed by atoms with E-state index in [1.807, 2.05) is 0 Å². The van der Waals surface area contributed by atoms with Gasteiger partial charge in [0, 0.05) is 19.4 Å². The molecule has 7 heteroatoms. The van der Waals surface area contributed by atoms with Gasteiger partial charge in [-0.2, -0.15) is 0 Å². The zero-order valence-electron chi connectivity index (χ0n) is 18.7. The Labute approximate surface area is 180 Å². The number of methoxy groups -OCH3 is 1. The maximum atomic E-state index is 12.5. The largest absolute Gasteiger partial charge is 0.463 e. The van der Waals surface area contributed by atoms with Gasteiger partial charge in [-0.15, -0.1) is 0 Å². The molecule has 0 bridgehead atoms. The Morgan fingerprint density at radius 3 is 2.57 bits per heavy atom. The molecule has 0 aromatic rings. The Bertz CT molecular complexity index is 629. The minimum atomic E-state index is -0.368. The van der Waals surface area contributed by atoms with Crippen LogP contribution in [0.15, 0.2) is 11.3 Å². The molecular formula is C23H38N2O5. The van der Waals surface area contributed by atoms with Crippen molar-refractivity contribution in [2.45, 2.75) is 89.9 Å². The summed E-state index contributed by atoms with van der Waals surface area (Å²) in [5.41, 5.74) is 1.09. The Hall–Kier alpha value is -1.60. The van der Waals surface area contributed by atoms with Gasteiger partial charge in [0.2, 0.25) is 0 Å². The summed E-state index contributed by atoms with van der Waals surface area (Å²) < 4.78 is 17.3. The molecule has 7 nitrogen and oxygen atoms in total. The van der Waals surface area contributed by atoms with Gasteiger partial charge in [-0.1, -0.05) is 32.1 Å². The molecule has 2 aliphatic carbocycles. The summed E-state index contributed by atoms with van der Waals surface area (Å²) in [5.74, 6) is 0.544. The lowest BCUT2D eigenvalue weighted by atomic mass is 9.77. The second-order valence-electron chi connectivity index (χ2n) is 8.88. The zero-order valence-corrected chi connectivity index (χ0v) is 18.7. The molecule has 1 heterocycles. The molecule has 170 valence electrons. The van der Waals surface area contributed by atoms with Crippen LogP contribution in [-0.2, 0) is 19.0 Å². The van der Waals surface area contributed by atoms with Crippen molar-refractivity contribution in [2.75, 3.05) is 20.3 Å². The summed E-state index contributed by atoms with van der Waals surface area (Å²) >= 11 is 0. The van der Waals surface area contributed by atoms with E-state index in [4.69, 9.17) is 14.2 Å². The van der Waals surface area contributed by atoms with Gasteiger partial charge in [-0.25, -0.2) is 9.59 Å². The van der Waals surface area contributed by atoms with Crippen molar-refractivity contribution in [3.05, 3.63) is 11.3 Å². The van der Waals surface area contributed by atoms with E-state index in [9.17, 15) is 9.59 Å². The molecule has 2 amide bonds. The van der Waals surface area contributed by atoms with Crippen LogP contribution in [0.25, 0.3) is 0 Å². The predicted octanol–water partition coefficient (Wildman–Crippen LogP) is 3.68. The summed E-state index contributed by atoms with van der Waals surface area (Å²) in [6.45, 7) is 4.63. The van der Waals surface area contributed by atoms with E-state index in [0.29, 0.717) is 17.9 Å². The van der Waals surface area contributed by atoms with Crippen molar-refractivity contribution in [1.82, 2.24) is 10.6 Å². The average molecular weight is 423 g/mol. The fraction of sp³-hybridized carbons (Fsp3) is 0.826. The first-order valence-electron chi connectivity index (χ1n) is 11.6. The number of ether oxygens (including phenoxy) is 3. The lowest BCUT2D eigenvalue weighted by Crippen LogP contribution is -2.55. The van der Waals surface area contributed by atoms with E-state index < -0.39 is 0 Å². The Kier molecular flexibility index (Phi) is 8.57. The molecule has 0 aromatic carbocycles. The Balaban J connectivity index is 1.59. The van der Waals surface area contributed by atoms with Crippen molar-refractivity contribution in [3.8, 4) is 0 Å². The lowest BCUT2D eigenvalue weighted by Gasteiger charge is -2.40. The smallest absolute Gasteiger partial charge is 0.337 e. The monoisotopic (exact) mass is 422 g/mol. The third-order valence-electron chi connectivity index (χ3n) is 6.93. The second kappa shape index (κ2) is 11.1. The number of hydrogen-bond acceptors (Lipinski definition) is 5. The fourth-order valence-corrected chi connectivity index (χ4v) is 5.30. The van der Waals surface area contributed by atoms with E-state index in [2.05, 4.69) is 10.6 Å². The van der Waals surface area contributed by atoms with Gasteiger partial charge in [-0.3, -0.25) is 0 Å². The molecule has 3 rings (SSSR count). The highest BCUT2D eigenvalue weighted by molar-refractivity contribution is 5.94. The lowest BCUT2D eigenvalue weighted by molar-refractivity contribution is -0.139. The standard InChI is InChI=1S/C23H38N2O5/c1-4-29-22(26)20-15(2)24-23(27)25-21(20)17-10-11-18(19(14-17)28-3)30-13-12-16-8-6-5-7-9-16/h16-19,21H,4-14H2,1-3H3,(H2,24,25,27). The van der Waals surface area contributed by atoms with Gasteiger partial charge in [-0.05, 0) is 51.4 Å². The molecule has 3 aliphatic rings. The normalized spacial score (nSPS) is 30.6. The minimum Gasteiger partial charge on any atom is -0.463 e. The van der Waals surface area contributed by atoms with Crippen LogP contribution in [0.2, 0.25) is 0 Å². The molecule has 0 saturated heterocycles. The molecule has 2 N–H and O–H groups in total. The van der Waals surface area contributed by atoms with Crippen LogP contribution in [-0.4, -0.2) is 50.6 Å². The van der Waals surface area contributed by atoms with Crippen molar-refractivity contribution in [2.24, 2.45) is 11.8 Å². The fourth-order valence-electron chi connectivity index (χ4n) is 5.30. The highest BCUT2D eigenvalue weighted by Gasteiger charge is 2.41. The third kappa shape index (κ3) is 5.76. The van der Waals surface area contributed by atoms with Crippen LogP contribution < -0.4 is 10.6 Å². The molecule has 0 radical (unpaired) electrons. The Morgan fingerprint density at radius 2 is 1.87 bits per heavy atom. The van der Waals surface area contributed by atoms with Gasteiger partial charge in [0.1, 0.15) is 0 Å². The zero-order chi connectivity index (χ0) is 21.5. The van der Waals surface area contributed by atoms with E-state index in [1.54, 1.807) is 21.0 Å². The molecule has 1 aliphatic heterocycles. The molecular weight excluding hydrogens is 384 g/mol. The predicted molar refractivity (Wildman–Crippen MR) is 114 cm³/mol. The van der Waals surface area contributed by atoms with Crippen LogP contribution in [0, 0.1) is 11.8 Å². The molecule has 2 saturated carbocycles. The average Bonchev–Trinajstić information content (AvgIpc) is 2.74. The van der Waals surface area contributed by atoms with Crippen LogP contribution in [0.3, 0.4) is 0 Å². The van der Waals surface area contributed by atoms with E-state index in [1.165, 1.54) is 32.1 Å². The van der Waals surface area contributed by atoms with E-state index in [0.717, 1.165) is 38.2 Å². The molecule has 2 fully saturated rings. The first-order valence-corrected chi connectivity index (χ1v) is 11.6. The van der Waals surface area contributed by atoms with Gasteiger partial charge < -0.3 is 24.8 Å². The number of hydrogen-bond donors (Lipinski definition) is 2. The topological polar surface area (TPSA) is 85.9 Å². The van der Waals surface area contributed by atoms with Gasteiger partial charge in [0.05, 0.1) is 30.4 Å². The van der Waals surface area contributed by atoms with Crippen LogP contribution in [0.4, 0.5) is 4.79 Å². The molecule has 4 unspecified atom stereocenters. The number of amides is 2. The van der Waals surface area contributed by atoms with E-state index >= 15 is 0 Å². The van der Waals surface area contributed by atoms with Crippen molar-refractivity contribution in [3.63, 3.8) is 0 Å². The van der Waals surface area contributed by atoms with Crippen LogP contribution >= 0.6 is 0 Å². The number of urea groups is 1. The highest BCUT2D eigenvalue weighted by atomic mass is 16.5. The van der Waals surface area contributed by atoms with Crippen LogP contribution in [0.1, 0.15) is 71.6 Å². The molecule has 0 spiro atoms. The van der Waals surface area contributed by atoms with Crippen LogP contribution in [0.5, 0.6) is 0 Å². The van der Waals surface area contributed by atoms with E-state index in [-0.39, 0.29) is 36.2 Å². The summed E-state index contributed by atoms with van der Waals surface area (Å²) in [7, 11) is 1.72. The summed E-state index contributed by atoms with van der Waals surface area (Å²) in [6, 6.07) is -0.635. The second-order valence-corrected chi connectivity index (χ2v) is 8.88. The van der Waals surface area contributed by atoms with Crippen molar-refractivity contribution < 1.29 is 23.8 Å². The number of carbonyl (C=O) groups is 2. The highest BCUT2D eigenvalue weighted by Crippen LogP contribution is 2.35. The van der Waals surface area contributed by atoms with Crippen molar-refractivity contribution >= 4 is 12.0 Å². The number of nitrogens with one attached hydrogen (secondary N) is 2. The SMILES string of the molecule is CCOC(=O)C1=C(C)NC(=O)NC1C1CCC(OCCC2CCCCC2)C(OC)C1. The molecule has 0 aromatic heterocycles. The Morgan fingerprint density at radius 1 is 1.10 bits per heavy atom. The number of esters is 1. The minimum absolute atomic E-state index is 0.0364. The maximum Gasteiger partial charge on any atom is 0.337 e. The number of carbonyl (C=O) groups excluding carboxylic acids is 2. The third-order valence-corrected chi connectivity index (χ3v) is 6.93. The quantitative estimate of drug-likeness (QED) is 0.583. The van der Waals surface area contributed by atoms with Gasteiger partial charge in [0.15, 0.2) is 0 Å². The number of rotatable bonds is 8. The first-order chi connectivity index (χ1) is 14.5. The molecule has 4 atom stereocenters. The number of allylic oxidation sites excluding steroid dienone is 1. The molecule has 30 heavy (non-hydrogen) atoms. The van der Waals surface area contributed by atoms with Gasteiger partial charge in [0.25, 0.3) is 0 Å². The maximum absolute atomic E-state index is 12.5.